The van der Waals surface area contributed by atoms with Gasteiger partial charge in [-0.25, -0.2) is 4.98 Å². The molecule has 0 saturated heterocycles. The summed E-state index contributed by atoms with van der Waals surface area (Å²) in [6, 6.07) is 0. The van der Waals surface area contributed by atoms with Gasteiger partial charge in [0.05, 0.1) is 9.88 Å². The number of thiazole rings is 1. The number of hydrogen-bond donors (Lipinski definition) is 0. The van der Waals surface area contributed by atoms with Gasteiger partial charge in [0.2, 0.25) is 0 Å². The van der Waals surface area contributed by atoms with Crippen LogP contribution in [0.5, 0.6) is 0 Å². The summed E-state index contributed by atoms with van der Waals surface area (Å²) >= 11 is 1.55. The molecule has 12 heavy (non-hydrogen) atoms. The molecule has 0 radical (unpaired) electrons. The predicted octanol–water partition coefficient (Wildman–Crippen LogP) is 2.61. The Hall–Kier alpha value is -0.700. The Kier molecular flexibility index (Phi) is 2.21. The standard InChI is InChI=1S/C9H11NOS/c11-6-8-5-10-9(12-8)7-3-1-2-4-7/h5-7H,1-4H2. The highest BCUT2D eigenvalue weighted by Gasteiger charge is 2.19. The summed E-state index contributed by atoms with van der Waals surface area (Å²) in [7, 11) is 0. The predicted molar refractivity (Wildman–Crippen MR) is 48.7 cm³/mol. The molecular formula is C9H11NOS. The summed E-state index contributed by atoms with van der Waals surface area (Å²) in [6.07, 6.45) is 7.72. The molecule has 0 amide bonds. The van der Waals surface area contributed by atoms with Crippen LogP contribution >= 0.6 is 11.3 Å². The average Bonchev–Trinajstić information content (AvgIpc) is 2.75. The van der Waals surface area contributed by atoms with Crippen molar-refractivity contribution in [1.82, 2.24) is 4.98 Å². The summed E-state index contributed by atoms with van der Waals surface area (Å²) in [5.41, 5.74) is 0. The molecule has 1 fully saturated rings. The van der Waals surface area contributed by atoms with Crippen molar-refractivity contribution in [3.05, 3.63) is 16.1 Å². The topological polar surface area (TPSA) is 30.0 Å². The summed E-state index contributed by atoms with van der Waals surface area (Å²) in [6.45, 7) is 0. The molecule has 0 unspecified atom stereocenters. The van der Waals surface area contributed by atoms with Gasteiger partial charge in [-0.1, -0.05) is 12.8 Å². The van der Waals surface area contributed by atoms with Crippen LogP contribution in [0.25, 0.3) is 0 Å². The smallest absolute Gasteiger partial charge is 0.161 e. The number of aldehydes is 1. The molecule has 1 aliphatic rings. The monoisotopic (exact) mass is 181 g/mol. The largest absolute Gasteiger partial charge is 0.297 e. The van der Waals surface area contributed by atoms with E-state index in [0.717, 1.165) is 16.2 Å². The van der Waals surface area contributed by atoms with Crippen LogP contribution in [0.15, 0.2) is 6.20 Å². The number of rotatable bonds is 2. The first-order valence-electron chi connectivity index (χ1n) is 4.31. The summed E-state index contributed by atoms with van der Waals surface area (Å²) in [5, 5.41) is 1.16. The van der Waals surface area contributed by atoms with Crippen LogP contribution in [-0.4, -0.2) is 11.3 Å². The Morgan fingerprint density at radius 3 is 2.83 bits per heavy atom. The minimum absolute atomic E-state index is 0.642. The lowest BCUT2D eigenvalue weighted by molar-refractivity contribution is 0.112. The van der Waals surface area contributed by atoms with E-state index in [1.54, 1.807) is 17.5 Å². The highest BCUT2D eigenvalue weighted by molar-refractivity contribution is 7.13. The first-order valence-corrected chi connectivity index (χ1v) is 5.12. The summed E-state index contributed by atoms with van der Waals surface area (Å²) < 4.78 is 0. The second-order valence-electron chi connectivity index (χ2n) is 3.20. The average molecular weight is 181 g/mol. The molecule has 3 heteroatoms. The Bertz CT molecular complexity index is 276. The second kappa shape index (κ2) is 3.35. The number of hydrogen-bond acceptors (Lipinski definition) is 3. The lowest BCUT2D eigenvalue weighted by Gasteiger charge is -2.01. The van der Waals surface area contributed by atoms with E-state index in [1.807, 2.05) is 0 Å². The molecule has 1 aromatic heterocycles. The lowest BCUT2D eigenvalue weighted by Crippen LogP contribution is -1.88. The third-order valence-corrected chi connectivity index (χ3v) is 3.45. The van der Waals surface area contributed by atoms with Gasteiger partial charge in [-0.05, 0) is 12.8 Å². The third-order valence-electron chi connectivity index (χ3n) is 2.36. The maximum Gasteiger partial charge on any atom is 0.161 e. The van der Waals surface area contributed by atoms with Crippen molar-refractivity contribution in [1.29, 1.82) is 0 Å². The van der Waals surface area contributed by atoms with E-state index in [4.69, 9.17) is 0 Å². The van der Waals surface area contributed by atoms with E-state index in [2.05, 4.69) is 4.98 Å². The molecule has 0 bridgehead atoms. The Balaban J connectivity index is 2.16. The van der Waals surface area contributed by atoms with Crippen LogP contribution in [0.3, 0.4) is 0 Å². The van der Waals surface area contributed by atoms with E-state index in [0.29, 0.717) is 5.92 Å². The van der Waals surface area contributed by atoms with E-state index in [-0.39, 0.29) is 0 Å². The van der Waals surface area contributed by atoms with E-state index >= 15 is 0 Å². The molecule has 2 rings (SSSR count). The van der Waals surface area contributed by atoms with E-state index < -0.39 is 0 Å². The van der Waals surface area contributed by atoms with Gasteiger partial charge in [0.25, 0.3) is 0 Å². The van der Waals surface area contributed by atoms with Crippen LogP contribution < -0.4 is 0 Å². The van der Waals surface area contributed by atoms with E-state index in [1.165, 1.54) is 25.7 Å². The molecule has 0 aliphatic heterocycles. The highest BCUT2D eigenvalue weighted by Crippen LogP contribution is 2.35. The second-order valence-corrected chi connectivity index (χ2v) is 4.29. The molecule has 64 valence electrons. The fourth-order valence-electron chi connectivity index (χ4n) is 1.72. The van der Waals surface area contributed by atoms with Gasteiger partial charge in [0, 0.05) is 12.1 Å². The maximum absolute atomic E-state index is 10.4. The zero-order valence-electron chi connectivity index (χ0n) is 6.82. The van der Waals surface area contributed by atoms with Crippen molar-refractivity contribution in [3.63, 3.8) is 0 Å². The number of nitrogens with zero attached hydrogens (tertiary/aromatic N) is 1. The zero-order chi connectivity index (χ0) is 8.39. The SMILES string of the molecule is O=Cc1cnc(C2CCCC2)s1. The number of aromatic nitrogens is 1. The van der Waals surface area contributed by atoms with Crippen molar-refractivity contribution in [2.45, 2.75) is 31.6 Å². The van der Waals surface area contributed by atoms with Gasteiger partial charge in [-0.2, -0.15) is 0 Å². The van der Waals surface area contributed by atoms with Gasteiger partial charge < -0.3 is 0 Å². The van der Waals surface area contributed by atoms with Crippen LogP contribution in [0.4, 0.5) is 0 Å². The van der Waals surface area contributed by atoms with Crippen LogP contribution in [0, 0.1) is 0 Å². The first-order chi connectivity index (χ1) is 5.90. The molecule has 1 saturated carbocycles. The Morgan fingerprint density at radius 1 is 1.50 bits per heavy atom. The molecule has 0 atom stereocenters. The Labute approximate surface area is 75.6 Å². The lowest BCUT2D eigenvalue weighted by atomic mass is 10.1. The molecule has 0 spiro atoms. The van der Waals surface area contributed by atoms with Crippen molar-refractivity contribution in [3.8, 4) is 0 Å². The normalized spacial score (nSPS) is 18.3. The number of carbonyl (C=O) groups excluding carboxylic acids is 1. The van der Waals surface area contributed by atoms with Crippen LogP contribution in [-0.2, 0) is 0 Å². The molecule has 1 aromatic rings. The van der Waals surface area contributed by atoms with Crippen molar-refractivity contribution >= 4 is 17.6 Å². The molecule has 0 aromatic carbocycles. The fourth-order valence-corrected chi connectivity index (χ4v) is 2.62. The van der Waals surface area contributed by atoms with Crippen LogP contribution in [0.2, 0.25) is 0 Å². The van der Waals surface area contributed by atoms with Gasteiger partial charge >= 0.3 is 0 Å². The molecule has 0 N–H and O–H groups in total. The molecule has 1 aliphatic carbocycles. The van der Waals surface area contributed by atoms with Crippen molar-refractivity contribution in [2.24, 2.45) is 0 Å². The highest BCUT2D eigenvalue weighted by atomic mass is 32.1. The van der Waals surface area contributed by atoms with Gasteiger partial charge in [-0.3, -0.25) is 4.79 Å². The van der Waals surface area contributed by atoms with Crippen molar-refractivity contribution < 1.29 is 4.79 Å². The number of carbonyl (C=O) groups is 1. The van der Waals surface area contributed by atoms with Gasteiger partial charge in [0.1, 0.15) is 0 Å². The van der Waals surface area contributed by atoms with Gasteiger partial charge in [0.15, 0.2) is 6.29 Å². The first kappa shape index (κ1) is 7.92. The summed E-state index contributed by atoms with van der Waals surface area (Å²) in [4.78, 5) is 15.4. The minimum Gasteiger partial charge on any atom is -0.297 e. The maximum atomic E-state index is 10.4. The molecular weight excluding hydrogens is 170 g/mol. The quantitative estimate of drug-likeness (QED) is 0.656. The molecule has 1 heterocycles. The Morgan fingerprint density at radius 2 is 2.25 bits per heavy atom. The zero-order valence-corrected chi connectivity index (χ0v) is 7.64. The van der Waals surface area contributed by atoms with E-state index in [9.17, 15) is 4.79 Å². The van der Waals surface area contributed by atoms with Crippen LogP contribution in [0.1, 0.15) is 46.3 Å². The summed E-state index contributed by atoms with van der Waals surface area (Å²) in [5.74, 6) is 0.642. The minimum atomic E-state index is 0.642. The fraction of sp³-hybridized carbons (Fsp3) is 0.556. The third kappa shape index (κ3) is 1.41. The van der Waals surface area contributed by atoms with Gasteiger partial charge in [-0.15, -0.1) is 11.3 Å². The molecule has 2 nitrogen and oxygen atoms in total. The van der Waals surface area contributed by atoms with Crippen molar-refractivity contribution in [2.75, 3.05) is 0 Å².